The van der Waals surface area contributed by atoms with Crippen LogP contribution in [0.3, 0.4) is 0 Å². The summed E-state index contributed by atoms with van der Waals surface area (Å²) in [5, 5.41) is 0. The first-order valence-corrected chi connectivity index (χ1v) is 7.37. The van der Waals surface area contributed by atoms with Crippen molar-refractivity contribution in [2.24, 2.45) is 0 Å². The molecule has 2 aromatic heterocycles. The second-order valence-corrected chi connectivity index (χ2v) is 5.47. The van der Waals surface area contributed by atoms with Gasteiger partial charge in [-0.3, -0.25) is 9.55 Å². The second kappa shape index (κ2) is 5.50. The number of rotatable bonds is 3. The highest BCUT2D eigenvalue weighted by Gasteiger charge is 2.17. The number of fused-ring (bicyclic) bond motifs is 1. The fourth-order valence-corrected chi connectivity index (χ4v) is 2.87. The van der Waals surface area contributed by atoms with Gasteiger partial charge in [-0.1, -0.05) is 6.07 Å². The van der Waals surface area contributed by atoms with Crippen LogP contribution in [-0.2, 0) is 6.42 Å². The Balaban J connectivity index is 2.36. The van der Waals surface area contributed by atoms with Gasteiger partial charge in [-0.2, -0.15) is 0 Å². The monoisotopic (exact) mass is 353 g/mol. The van der Waals surface area contributed by atoms with Crippen molar-refractivity contribution >= 4 is 38.6 Å². The molecule has 0 saturated carbocycles. The molecule has 6 heteroatoms. The molecule has 3 rings (SSSR count). The van der Waals surface area contributed by atoms with Gasteiger partial charge in [0.05, 0.1) is 17.4 Å². The van der Waals surface area contributed by atoms with Crippen LogP contribution < -0.4 is 0 Å². The third-order valence-corrected chi connectivity index (χ3v) is 3.83. The van der Waals surface area contributed by atoms with E-state index in [0.29, 0.717) is 28.3 Å². The summed E-state index contributed by atoms with van der Waals surface area (Å²) >= 11 is 9.23. The maximum atomic E-state index is 14.2. The molecule has 0 N–H and O–H groups in total. The van der Waals surface area contributed by atoms with Crippen LogP contribution >= 0.6 is 27.5 Å². The minimum atomic E-state index is -0.314. The number of halogens is 3. The number of alkyl halides is 1. The highest BCUT2D eigenvalue weighted by atomic mass is 79.9. The van der Waals surface area contributed by atoms with Crippen LogP contribution in [0.15, 0.2) is 41.1 Å². The van der Waals surface area contributed by atoms with E-state index in [1.54, 1.807) is 29.1 Å². The molecule has 0 bridgehead atoms. The molecule has 102 valence electrons. The van der Waals surface area contributed by atoms with Crippen LogP contribution in [-0.4, -0.2) is 20.4 Å². The summed E-state index contributed by atoms with van der Waals surface area (Å²) in [4.78, 5) is 8.54. The summed E-state index contributed by atoms with van der Waals surface area (Å²) in [6, 6.07) is 6.71. The highest BCUT2D eigenvalue weighted by Crippen LogP contribution is 2.29. The summed E-state index contributed by atoms with van der Waals surface area (Å²) in [5.41, 5.74) is 1.98. The molecule has 0 aliphatic rings. The Morgan fingerprint density at radius 2 is 2.15 bits per heavy atom. The fourth-order valence-electron chi connectivity index (χ4n) is 2.19. The van der Waals surface area contributed by atoms with E-state index in [1.165, 1.54) is 6.07 Å². The molecule has 0 aliphatic carbocycles. The van der Waals surface area contributed by atoms with Gasteiger partial charge in [0.25, 0.3) is 0 Å². The molecule has 0 radical (unpaired) electrons. The first kappa shape index (κ1) is 13.5. The zero-order valence-corrected chi connectivity index (χ0v) is 12.7. The van der Waals surface area contributed by atoms with Gasteiger partial charge in [0.2, 0.25) is 0 Å². The van der Waals surface area contributed by atoms with Crippen molar-refractivity contribution in [2.75, 3.05) is 5.88 Å². The Bertz CT molecular complexity index is 752. The Kier molecular flexibility index (Phi) is 3.72. The van der Waals surface area contributed by atoms with E-state index in [-0.39, 0.29) is 5.82 Å². The average Bonchev–Trinajstić information content (AvgIpc) is 2.78. The summed E-state index contributed by atoms with van der Waals surface area (Å²) in [7, 11) is 0. The van der Waals surface area contributed by atoms with Crippen LogP contribution in [0, 0.1) is 5.82 Å². The molecule has 0 aliphatic heterocycles. The summed E-state index contributed by atoms with van der Waals surface area (Å²) < 4.78 is 16.7. The SMILES string of the molecule is Fc1cccc(Br)c1-n1c(CCCl)nc2cnccc21. The molecule has 20 heavy (non-hydrogen) atoms. The Morgan fingerprint density at radius 1 is 1.30 bits per heavy atom. The van der Waals surface area contributed by atoms with Crippen LogP contribution in [0.25, 0.3) is 16.7 Å². The molecule has 0 unspecified atom stereocenters. The Hall–Kier alpha value is -1.46. The van der Waals surface area contributed by atoms with E-state index in [4.69, 9.17) is 11.6 Å². The van der Waals surface area contributed by atoms with Crippen molar-refractivity contribution in [2.45, 2.75) is 6.42 Å². The molecule has 0 amide bonds. The lowest BCUT2D eigenvalue weighted by Crippen LogP contribution is -2.05. The van der Waals surface area contributed by atoms with Crippen molar-refractivity contribution in [1.29, 1.82) is 0 Å². The van der Waals surface area contributed by atoms with Crippen molar-refractivity contribution in [1.82, 2.24) is 14.5 Å². The molecule has 1 aromatic carbocycles. The van der Waals surface area contributed by atoms with Crippen LogP contribution in [0.5, 0.6) is 0 Å². The quantitative estimate of drug-likeness (QED) is 0.663. The number of hydrogen-bond acceptors (Lipinski definition) is 2. The number of nitrogens with zero attached hydrogens (tertiary/aromatic N) is 3. The van der Waals surface area contributed by atoms with Gasteiger partial charge in [0.1, 0.15) is 17.2 Å². The minimum Gasteiger partial charge on any atom is -0.292 e. The number of imidazole rings is 1. The lowest BCUT2D eigenvalue weighted by atomic mass is 10.2. The lowest BCUT2D eigenvalue weighted by Gasteiger charge is -2.11. The first-order valence-electron chi connectivity index (χ1n) is 6.04. The van der Waals surface area contributed by atoms with Crippen molar-refractivity contribution in [3.05, 3.63) is 52.8 Å². The minimum absolute atomic E-state index is 0.314. The number of aryl methyl sites for hydroxylation is 1. The summed E-state index contributed by atoms with van der Waals surface area (Å²) in [6.45, 7) is 0. The number of pyridine rings is 1. The molecule has 3 aromatic rings. The second-order valence-electron chi connectivity index (χ2n) is 4.24. The van der Waals surface area contributed by atoms with E-state index >= 15 is 0 Å². The zero-order chi connectivity index (χ0) is 14.1. The predicted octanol–water partition coefficient (Wildman–Crippen LogP) is 4.10. The molecule has 0 fully saturated rings. The number of hydrogen-bond donors (Lipinski definition) is 0. The number of aromatic nitrogens is 3. The van der Waals surface area contributed by atoms with Crippen LogP contribution in [0.4, 0.5) is 4.39 Å². The maximum Gasteiger partial charge on any atom is 0.148 e. The molecule has 0 atom stereocenters. The molecule has 0 saturated heterocycles. The zero-order valence-electron chi connectivity index (χ0n) is 10.4. The maximum absolute atomic E-state index is 14.2. The third kappa shape index (κ3) is 2.21. The molecular weight excluding hydrogens is 345 g/mol. The van der Waals surface area contributed by atoms with Gasteiger partial charge in [0, 0.05) is 23.0 Å². The predicted molar refractivity (Wildman–Crippen MR) is 80.9 cm³/mol. The summed E-state index contributed by atoms with van der Waals surface area (Å²) in [6.07, 6.45) is 3.88. The largest absolute Gasteiger partial charge is 0.292 e. The van der Waals surface area contributed by atoms with E-state index in [9.17, 15) is 4.39 Å². The van der Waals surface area contributed by atoms with Gasteiger partial charge < -0.3 is 0 Å². The molecule has 2 heterocycles. The smallest absolute Gasteiger partial charge is 0.148 e. The molecular formula is C14H10BrClFN3. The average molecular weight is 355 g/mol. The van der Waals surface area contributed by atoms with Gasteiger partial charge in [-0.05, 0) is 34.1 Å². The summed E-state index contributed by atoms with van der Waals surface area (Å²) in [5.74, 6) is 0.822. The highest BCUT2D eigenvalue weighted by molar-refractivity contribution is 9.10. The lowest BCUT2D eigenvalue weighted by molar-refractivity contribution is 0.615. The normalized spacial score (nSPS) is 11.2. The first-order chi connectivity index (χ1) is 9.72. The fraction of sp³-hybridized carbons (Fsp3) is 0.143. The van der Waals surface area contributed by atoms with Gasteiger partial charge in [-0.25, -0.2) is 9.37 Å². The third-order valence-electron chi connectivity index (χ3n) is 3.01. The van der Waals surface area contributed by atoms with E-state index in [1.807, 2.05) is 6.07 Å². The molecule has 3 nitrogen and oxygen atoms in total. The van der Waals surface area contributed by atoms with Crippen molar-refractivity contribution < 1.29 is 4.39 Å². The van der Waals surface area contributed by atoms with Gasteiger partial charge >= 0.3 is 0 Å². The van der Waals surface area contributed by atoms with E-state index in [2.05, 4.69) is 25.9 Å². The number of benzene rings is 1. The molecule has 0 spiro atoms. The Morgan fingerprint density at radius 3 is 2.90 bits per heavy atom. The van der Waals surface area contributed by atoms with Crippen molar-refractivity contribution in [3.8, 4) is 5.69 Å². The Labute approximate surface area is 128 Å². The topological polar surface area (TPSA) is 30.7 Å². The van der Waals surface area contributed by atoms with Gasteiger partial charge in [-0.15, -0.1) is 11.6 Å². The van der Waals surface area contributed by atoms with E-state index < -0.39 is 0 Å². The van der Waals surface area contributed by atoms with Crippen LogP contribution in [0.1, 0.15) is 5.82 Å². The number of para-hydroxylation sites is 1. The van der Waals surface area contributed by atoms with E-state index in [0.717, 1.165) is 11.0 Å². The van der Waals surface area contributed by atoms with Crippen LogP contribution in [0.2, 0.25) is 0 Å². The van der Waals surface area contributed by atoms with Gasteiger partial charge in [0.15, 0.2) is 0 Å². The van der Waals surface area contributed by atoms with Crippen molar-refractivity contribution in [3.63, 3.8) is 0 Å². The standard InChI is InChI=1S/C14H10BrClFN3/c15-9-2-1-3-10(17)14(9)20-12-5-7-18-8-11(12)19-13(20)4-6-16/h1-3,5,7-8H,4,6H2.